The Morgan fingerprint density at radius 1 is 0.759 bits per heavy atom. The molecule has 0 aromatic heterocycles. The van der Waals surface area contributed by atoms with Crippen LogP contribution in [0.3, 0.4) is 0 Å². The lowest BCUT2D eigenvalue weighted by molar-refractivity contribution is 0.103. The molecule has 0 amide bonds. The number of hydrogen-bond acceptors (Lipinski definition) is 7. The highest BCUT2D eigenvalue weighted by Crippen LogP contribution is 2.37. The summed E-state index contributed by atoms with van der Waals surface area (Å²) in [5.41, 5.74) is 2.18. The van der Waals surface area contributed by atoms with Crippen LogP contribution in [0.25, 0.3) is 0 Å². The topological polar surface area (TPSA) is 138 Å². The maximum atomic E-state index is 12.0. The summed E-state index contributed by atoms with van der Waals surface area (Å²) in [6.07, 6.45) is 0. The van der Waals surface area contributed by atoms with Crippen LogP contribution < -0.4 is 0 Å². The Hall–Kier alpha value is -3.55. The molecule has 0 aliphatic rings. The van der Waals surface area contributed by atoms with E-state index < -0.39 is 23.0 Å². The fraction of sp³-hybridized carbons (Fsp3) is 0.136. The van der Waals surface area contributed by atoms with Crippen molar-refractivity contribution in [2.24, 2.45) is 0 Å². The molecular weight excluding hydrogens is 376 g/mol. The highest BCUT2D eigenvalue weighted by molar-refractivity contribution is 6.11. The summed E-state index contributed by atoms with van der Waals surface area (Å²) in [4.78, 5) is 12.0. The smallest absolute Gasteiger partial charge is 0.201 e. The number of carbonyl (C=O) groups excluding carboxylic acids is 1. The quantitative estimate of drug-likeness (QED) is 0.293. The second-order valence-corrected chi connectivity index (χ2v) is 6.27. The number of phenols is 4. The number of hydrogen-bond donors (Lipinski definition) is 6. The van der Waals surface area contributed by atoms with E-state index in [-0.39, 0.29) is 24.5 Å². The first-order chi connectivity index (χ1) is 13.8. The number of carbonyl (C=O) groups is 1. The largest absolute Gasteiger partial charge is 0.507 e. The van der Waals surface area contributed by atoms with Gasteiger partial charge in [0.05, 0.1) is 18.8 Å². The van der Waals surface area contributed by atoms with Crippen LogP contribution in [-0.2, 0) is 13.2 Å². The highest BCUT2D eigenvalue weighted by Gasteiger charge is 2.18. The van der Waals surface area contributed by atoms with Gasteiger partial charge in [-0.25, -0.2) is 0 Å². The predicted molar refractivity (Wildman–Crippen MR) is 106 cm³/mol. The lowest BCUT2D eigenvalue weighted by atomic mass is 10.0. The van der Waals surface area contributed by atoms with Crippen molar-refractivity contribution < 1.29 is 35.4 Å². The van der Waals surface area contributed by atoms with E-state index in [0.717, 1.165) is 11.6 Å². The SMILES string of the molecule is Cc1cc(CO)c(O)c(CO)c1.O=C(c1ccccc1)c1ccc(O)c(O)c1O. The minimum absolute atomic E-state index is 0.00870. The number of aryl methyl sites for hydroxylation is 1. The molecule has 6 N–H and O–H groups in total. The van der Waals surface area contributed by atoms with Crippen LogP contribution in [0.1, 0.15) is 32.6 Å². The minimum Gasteiger partial charge on any atom is -0.507 e. The average Bonchev–Trinajstić information content (AvgIpc) is 2.74. The van der Waals surface area contributed by atoms with E-state index in [1.54, 1.807) is 42.5 Å². The summed E-state index contributed by atoms with van der Waals surface area (Å²) in [7, 11) is 0. The molecule has 0 heterocycles. The van der Waals surface area contributed by atoms with E-state index in [1.165, 1.54) is 6.07 Å². The lowest BCUT2D eigenvalue weighted by Gasteiger charge is -2.07. The molecule has 0 atom stereocenters. The van der Waals surface area contributed by atoms with Crippen LogP contribution in [-0.4, -0.2) is 36.4 Å². The first kappa shape index (κ1) is 21.7. The monoisotopic (exact) mass is 398 g/mol. The van der Waals surface area contributed by atoms with Crippen molar-refractivity contribution in [3.63, 3.8) is 0 Å². The van der Waals surface area contributed by atoms with E-state index >= 15 is 0 Å². The third-order valence-electron chi connectivity index (χ3n) is 4.16. The molecule has 3 rings (SSSR count). The zero-order valence-corrected chi connectivity index (χ0v) is 15.7. The fourth-order valence-corrected chi connectivity index (χ4v) is 2.67. The second-order valence-electron chi connectivity index (χ2n) is 6.27. The number of rotatable bonds is 4. The Morgan fingerprint density at radius 2 is 1.31 bits per heavy atom. The van der Waals surface area contributed by atoms with Gasteiger partial charge < -0.3 is 30.6 Å². The second kappa shape index (κ2) is 9.59. The number of phenolic OH excluding ortho intramolecular Hbond substituents is 3. The highest BCUT2D eigenvalue weighted by atomic mass is 16.3. The van der Waals surface area contributed by atoms with E-state index in [2.05, 4.69) is 0 Å². The Morgan fingerprint density at radius 3 is 1.83 bits per heavy atom. The molecule has 152 valence electrons. The maximum absolute atomic E-state index is 12.0. The average molecular weight is 398 g/mol. The molecule has 0 aliphatic carbocycles. The molecule has 0 spiro atoms. The van der Waals surface area contributed by atoms with Crippen LogP contribution in [0.15, 0.2) is 54.6 Å². The molecule has 0 aliphatic heterocycles. The third kappa shape index (κ3) is 5.04. The normalized spacial score (nSPS) is 10.2. The molecule has 3 aromatic rings. The summed E-state index contributed by atoms with van der Waals surface area (Å²) in [5.74, 6) is -2.19. The van der Waals surface area contributed by atoms with Gasteiger partial charge >= 0.3 is 0 Å². The standard InChI is InChI=1S/C13H10O4.C9H12O3/c14-10-7-6-9(12(16)13(10)17)11(15)8-4-2-1-3-5-8;1-6-2-7(4-10)9(12)8(3-6)5-11/h1-7,14,16-17H;2-3,10-12H,4-5H2,1H3. The van der Waals surface area contributed by atoms with Gasteiger partial charge in [0.25, 0.3) is 0 Å². The minimum atomic E-state index is -0.688. The molecule has 7 nitrogen and oxygen atoms in total. The number of aromatic hydroxyl groups is 4. The zero-order valence-electron chi connectivity index (χ0n) is 15.7. The zero-order chi connectivity index (χ0) is 21.6. The van der Waals surface area contributed by atoms with Gasteiger partial charge in [0, 0.05) is 16.7 Å². The summed E-state index contributed by atoms with van der Waals surface area (Å²) >= 11 is 0. The van der Waals surface area contributed by atoms with Crippen molar-refractivity contribution in [2.45, 2.75) is 20.1 Å². The van der Waals surface area contributed by atoms with Crippen molar-refractivity contribution in [1.29, 1.82) is 0 Å². The summed E-state index contributed by atoms with van der Waals surface area (Å²) in [6.45, 7) is 1.43. The molecule has 0 fully saturated rings. The Labute approximate surface area is 167 Å². The van der Waals surface area contributed by atoms with Crippen molar-refractivity contribution in [3.8, 4) is 23.0 Å². The third-order valence-corrected chi connectivity index (χ3v) is 4.16. The van der Waals surface area contributed by atoms with E-state index in [1.807, 2.05) is 6.92 Å². The van der Waals surface area contributed by atoms with Crippen molar-refractivity contribution in [2.75, 3.05) is 0 Å². The van der Waals surface area contributed by atoms with E-state index in [9.17, 15) is 20.1 Å². The molecular formula is C22H22O7. The molecule has 29 heavy (non-hydrogen) atoms. The van der Waals surface area contributed by atoms with Gasteiger partial charge in [-0.1, -0.05) is 48.0 Å². The van der Waals surface area contributed by atoms with Crippen molar-refractivity contribution in [1.82, 2.24) is 0 Å². The molecule has 0 unspecified atom stereocenters. The maximum Gasteiger partial charge on any atom is 0.201 e. The lowest BCUT2D eigenvalue weighted by Crippen LogP contribution is -2.01. The van der Waals surface area contributed by atoms with Crippen molar-refractivity contribution in [3.05, 3.63) is 82.4 Å². The van der Waals surface area contributed by atoms with Gasteiger partial charge in [-0.05, 0) is 19.1 Å². The van der Waals surface area contributed by atoms with Crippen LogP contribution >= 0.6 is 0 Å². The number of ketones is 1. The molecule has 0 saturated heterocycles. The Balaban J connectivity index is 0.000000221. The molecule has 3 aromatic carbocycles. The Bertz CT molecular complexity index is 973. The van der Waals surface area contributed by atoms with Gasteiger partial charge in [-0.3, -0.25) is 4.79 Å². The van der Waals surface area contributed by atoms with Crippen LogP contribution in [0, 0.1) is 6.92 Å². The van der Waals surface area contributed by atoms with Gasteiger partial charge in [0.15, 0.2) is 17.3 Å². The van der Waals surface area contributed by atoms with Crippen molar-refractivity contribution >= 4 is 5.78 Å². The summed E-state index contributed by atoms with van der Waals surface area (Å²) in [6, 6.07) is 14.2. The summed E-state index contributed by atoms with van der Waals surface area (Å²) < 4.78 is 0. The molecule has 0 saturated carbocycles. The number of aliphatic hydroxyl groups is 2. The fourth-order valence-electron chi connectivity index (χ4n) is 2.67. The van der Waals surface area contributed by atoms with E-state index in [4.69, 9.17) is 15.3 Å². The van der Waals surface area contributed by atoms with Crippen LogP contribution in [0.4, 0.5) is 0 Å². The molecule has 0 bridgehead atoms. The van der Waals surface area contributed by atoms with Gasteiger partial charge in [0.1, 0.15) is 5.75 Å². The van der Waals surface area contributed by atoms with Gasteiger partial charge in [-0.15, -0.1) is 0 Å². The van der Waals surface area contributed by atoms with E-state index in [0.29, 0.717) is 16.7 Å². The number of benzene rings is 3. The first-order valence-electron chi connectivity index (χ1n) is 8.66. The molecule has 0 radical (unpaired) electrons. The van der Waals surface area contributed by atoms with Gasteiger partial charge in [0.2, 0.25) is 5.75 Å². The first-order valence-corrected chi connectivity index (χ1v) is 8.66. The predicted octanol–water partition coefficient (Wildman–Crippen LogP) is 2.72. The Kier molecular flexibility index (Phi) is 7.19. The van der Waals surface area contributed by atoms with Gasteiger partial charge in [-0.2, -0.15) is 0 Å². The summed E-state index contributed by atoms with van der Waals surface area (Å²) in [5, 5.41) is 55.1. The van der Waals surface area contributed by atoms with Crippen LogP contribution in [0.2, 0.25) is 0 Å². The number of aliphatic hydroxyl groups excluding tert-OH is 2. The molecule has 7 heteroatoms. The van der Waals surface area contributed by atoms with Crippen LogP contribution in [0.5, 0.6) is 23.0 Å².